The summed E-state index contributed by atoms with van der Waals surface area (Å²) in [5.41, 5.74) is 1.36. The Bertz CT molecular complexity index is 460. The van der Waals surface area contributed by atoms with Gasteiger partial charge in [-0.25, -0.2) is 0 Å². The lowest BCUT2D eigenvalue weighted by Gasteiger charge is -2.27. The van der Waals surface area contributed by atoms with Crippen LogP contribution in [0.3, 0.4) is 0 Å². The zero-order chi connectivity index (χ0) is 13.9. The summed E-state index contributed by atoms with van der Waals surface area (Å²) >= 11 is 3.63. The van der Waals surface area contributed by atoms with Crippen LogP contribution in [0.5, 0.6) is 0 Å². The van der Waals surface area contributed by atoms with Crippen molar-refractivity contribution >= 4 is 29.0 Å². The van der Waals surface area contributed by atoms with E-state index in [9.17, 15) is 4.79 Å². The van der Waals surface area contributed by atoms with E-state index in [-0.39, 0.29) is 12.0 Å². The summed E-state index contributed by atoms with van der Waals surface area (Å²) in [6, 6.07) is 2.09. The normalized spacial score (nSPS) is 22.4. The molecule has 3 heterocycles. The Balaban J connectivity index is 1.63. The standard InChI is InChI=1S/C14H20N2O2S2/c1-16(8-11-7-15-3-4-18-11)14(17)13-6-10-9-19-5-2-12(10)20-13/h6,11,15H,2-5,7-9H2,1H3. The first-order chi connectivity index (χ1) is 9.74. The Labute approximate surface area is 127 Å². The molecule has 2 aliphatic rings. The van der Waals surface area contributed by atoms with E-state index >= 15 is 0 Å². The van der Waals surface area contributed by atoms with Crippen molar-refractivity contribution in [3.8, 4) is 0 Å². The molecule has 1 fully saturated rings. The van der Waals surface area contributed by atoms with E-state index in [0.29, 0.717) is 6.54 Å². The van der Waals surface area contributed by atoms with Gasteiger partial charge < -0.3 is 15.0 Å². The van der Waals surface area contributed by atoms with Crippen LogP contribution in [0.1, 0.15) is 20.1 Å². The van der Waals surface area contributed by atoms with E-state index in [1.807, 2.05) is 18.8 Å². The van der Waals surface area contributed by atoms with Crippen molar-refractivity contribution in [3.63, 3.8) is 0 Å². The summed E-state index contributed by atoms with van der Waals surface area (Å²) in [5, 5.41) is 3.30. The fourth-order valence-electron chi connectivity index (χ4n) is 2.57. The summed E-state index contributed by atoms with van der Waals surface area (Å²) in [7, 11) is 1.87. The third-order valence-electron chi connectivity index (χ3n) is 3.67. The number of likely N-dealkylation sites (N-methyl/N-ethyl adjacent to an activating group) is 1. The number of amides is 1. The molecule has 4 nitrogen and oxygen atoms in total. The number of rotatable bonds is 3. The topological polar surface area (TPSA) is 41.6 Å². The van der Waals surface area contributed by atoms with Crippen LogP contribution in [0, 0.1) is 0 Å². The predicted molar refractivity (Wildman–Crippen MR) is 83.8 cm³/mol. The molecule has 0 radical (unpaired) electrons. The Hall–Kier alpha value is -0.560. The van der Waals surface area contributed by atoms with Gasteiger partial charge in [0.25, 0.3) is 5.91 Å². The second-order valence-corrected chi connectivity index (χ2v) is 7.49. The number of hydrogen-bond acceptors (Lipinski definition) is 5. The van der Waals surface area contributed by atoms with Crippen molar-refractivity contribution in [1.29, 1.82) is 0 Å². The fourth-order valence-corrected chi connectivity index (χ4v) is 4.93. The van der Waals surface area contributed by atoms with E-state index < -0.39 is 0 Å². The molecule has 0 spiro atoms. The number of morpholine rings is 1. The zero-order valence-corrected chi connectivity index (χ0v) is 13.3. The number of carbonyl (C=O) groups excluding carboxylic acids is 1. The van der Waals surface area contributed by atoms with E-state index in [2.05, 4.69) is 11.4 Å². The molecule has 1 amide bonds. The van der Waals surface area contributed by atoms with Crippen LogP contribution < -0.4 is 5.32 Å². The van der Waals surface area contributed by atoms with Gasteiger partial charge in [-0.15, -0.1) is 11.3 Å². The summed E-state index contributed by atoms with van der Waals surface area (Å²) in [5.74, 6) is 2.36. The molecule has 1 saturated heterocycles. The third-order valence-corrected chi connectivity index (χ3v) is 5.90. The van der Waals surface area contributed by atoms with E-state index in [1.54, 1.807) is 16.2 Å². The van der Waals surface area contributed by atoms with Crippen LogP contribution in [-0.2, 0) is 16.9 Å². The summed E-state index contributed by atoms with van der Waals surface area (Å²) in [4.78, 5) is 16.6. The van der Waals surface area contributed by atoms with Crippen molar-refractivity contribution in [2.24, 2.45) is 0 Å². The highest BCUT2D eigenvalue weighted by Crippen LogP contribution is 2.32. The van der Waals surface area contributed by atoms with Gasteiger partial charge in [0.1, 0.15) is 0 Å². The Kier molecular flexibility index (Phi) is 4.65. The molecule has 1 N–H and O–H groups in total. The van der Waals surface area contributed by atoms with Crippen LogP contribution >= 0.6 is 23.1 Å². The van der Waals surface area contributed by atoms with Crippen molar-refractivity contribution in [1.82, 2.24) is 10.2 Å². The minimum atomic E-state index is 0.114. The minimum Gasteiger partial charge on any atom is -0.374 e. The van der Waals surface area contributed by atoms with Crippen molar-refractivity contribution < 1.29 is 9.53 Å². The second-order valence-electron chi connectivity index (χ2n) is 5.24. The molecule has 20 heavy (non-hydrogen) atoms. The number of nitrogens with one attached hydrogen (secondary N) is 1. The van der Waals surface area contributed by atoms with Gasteiger partial charge in [0.05, 0.1) is 17.6 Å². The number of carbonyl (C=O) groups is 1. The van der Waals surface area contributed by atoms with Gasteiger partial charge in [-0.05, 0) is 23.8 Å². The number of fused-ring (bicyclic) bond motifs is 1. The molecule has 1 atom stereocenters. The minimum absolute atomic E-state index is 0.114. The van der Waals surface area contributed by atoms with Gasteiger partial charge in [-0.1, -0.05) is 0 Å². The third kappa shape index (κ3) is 3.19. The smallest absolute Gasteiger partial charge is 0.263 e. The number of hydrogen-bond donors (Lipinski definition) is 1. The lowest BCUT2D eigenvalue weighted by molar-refractivity contribution is 0.0105. The molecule has 0 bridgehead atoms. The summed E-state index contributed by atoms with van der Waals surface area (Å²) in [6.45, 7) is 3.12. The highest BCUT2D eigenvalue weighted by atomic mass is 32.2. The molecule has 0 saturated carbocycles. The Morgan fingerprint density at radius 1 is 1.60 bits per heavy atom. The van der Waals surface area contributed by atoms with Crippen LogP contribution in [0.15, 0.2) is 6.07 Å². The van der Waals surface area contributed by atoms with Crippen LogP contribution in [-0.4, -0.2) is 56.0 Å². The molecular formula is C14H20N2O2S2. The average Bonchev–Trinajstić information content (AvgIpc) is 2.91. The number of aryl methyl sites for hydroxylation is 1. The van der Waals surface area contributed by atoms with E-state index in [0.717, 1.165) is 36.7 Å². The maximum Gasteiger partial charge on any atom is 0.263 e. The fraction of sp³-hybridized carbons (Fsp3) is 0.643. The Morgan fingerprint density at radius 3 is 3.25 bits per heavy atom. The lowest BCUT2D eigenvalue weighted by atomic mass is 10.2. The quantitative estimate of drug-likeness (QED) is 0.920. The van der Waals surface area contributed by atoms with Gasteiger partial charge in [-0.3, -0.25) is 4.79 Å². The SMILES string of the molecule is CN(CC1CNCCO1)C(=O)c1cc2c(s1)CCSC2. The highest BCUT2D eigenvalue weighted by molar-refractivity contribution is 7.98. The highest BCUT2D eigenvalue weighted by Gasteiger charge is 2.22. The second kappa shape index (κ2) is 6.47. The first kappa shape index (κ1) is 14.4. The largest absolute Gasteiger partial charge is 0.374 e. The molecule has 110 valence electrons. The van der Waals surface area contributed by atoms with E-state index in [4.69, 9.17) is 4.74 Å². The molecule has 1 aromatic heterocycles. The number of ether oxygens (including phenoxy) is 1. The maximum absolute atomic E-state index is 12.5. The first-order valence-corrected chi connectivity index (χ1v) is 8.98. The van der Waals surface area contributed by atoms with Crippen molar-refractivity contribution in [3.05, 3.63) is 21.4 Å². The van der Waals surface area contributed by atoms with Gasteiger partial charge in [0.15, 0.2) is 0 Å². The molecule has 6 heteroatoms. The molecule has 3 rings (SSSR count). The lowest BCUT2D eigenvalue weighted by Crippen LogP contribution is -2.45. The average molecular weight is 312 g/mol. The van der Waals surface area contributed by atoms with Gasteiger partial charge in [0.2, 0.25) is 0 Å². The Morgan fingerprint density at radius 2 is 2.50 bits per heavy atom. The van der Waals surface area contributed by atoms with Gasteiger partial charge >= 0.3 is 0 Å². The monoisotopic (exact) mass is 312 g/mol. The number of thiophene rings is 1. The molecule has 1 aromatic rings. The maximum atomic E-state index is 12.5. The van der Waals surface area contributed by atoms with Gasteiger partial charge in [0, 0.05) is 37.3 Å². The summed E-state index contributed by atoms with van der Waals surface area (Å²) < 4.78 is 5.66. The first-order valence-electron chi connectivity index (χ1n) is 7.01. The van der Waals surface area contributed by atoms with Crippen molar-refractivity contribution in [2.45, 2.75) is 18.3 Å². The van der Waals surface area contributed by atoms with Gasteiger partial charge in [-0.2, -0.15) is 11.8 Å². The van der Waals surface area contributed by atoms with E-state index in [1.165, 1.54) is 16.2 Å². The number of thioether (sulfide) groups is 1. The van der Waals surface area contributed by atoms with Crippen LogP contribution in [0.2, 0.25) is 0 Å². The number of nitrogens with zero attached hydrogens (tertiary/aromatic N) is 1. The van der Waals surface area contributed by atoms with Crippen molar-refractivity contribution in [2.75, 3.05) is 39.0 Å². The van der Waals surface area contributed by atoms with Crippen LogP contribution in [0.25, 0.3) is 0 Å². The molecular weight excluding hydrogens is 292 g/mol. The predicted octanol–water partition coefficient (Wildman–Crippen LogP) is 1.60. The summed E-state index contributed by atoms with van der Waals surface area (Å²) in [6.07, 6.45) is 1.22. The van der Waals surface area contributed by atoms with Crippen LogP contribution in [0.4, 0.5) is 0 Å². The molecule has 0 aromatic carbocycles. The molecule has 2 aliphatic heterocycles. The zero-order valence-electron chi connectivity index (χ0n) is 11.7. The molecule has 1 unspecified atom stereocenters. The molecule has 0 aliphatic carbocycles.